The van der Waals surface area contributed by atoms with Gasteiger partial charge in [0.1, 0.15) is 23.2 Å². The first-order valence-corrected chi connectivity index (χ1v) is 24.7. The van der Waals surface area contributed by atoms with Crippen molar-refractivity contribution in [3.63, 3.8) is 0 Å². The third-order valence-electron chi connectivity index (χ3n) is 17.4. The van der Waals surface area contributed by atoms with Crippen LogP contribution in [0.15, 0.2) is 90.5 Å². The zero-order chi connectivity index (χ0) is 44.4. The van der Waals surface area contributed by atoms with E-state index in [4.69, 9.17) is 18.9 Å². The predicted octanol–water partition coefficient (Wildman–Crippen LogP) is 12.8. The molecule has 63 heavy (non-hydrogen) atoms. The summed E-state index contributed by atoms with van der Waals surface area (Å²) in [6.07, 6.45) is 17.1. The van der Waals surface area contributed by atoms with Gasteiger partial charge in [-0.25, -0.2) is 4.79 Å². The Morgan fingerprint density at radius 1 is 0.794 bits per heavy atom. The summed E-state index contributed by atoms with van der Waals surface area (Å²) < 4.78 is 24.5. The summed E-state index contributed by atoms with van der Waals surface area (Å²) in [5.41, 5.74) is 4.11. The second-order valence-corrected chi connectivity index (χ2v) is 21.1. The largest absolute Gasteiger partial charge is 0.497 e. The van der Waals surface area contributed by atoms with Crippen LogP contribution in [0, 0.1) is 46.3 Å². The molecule has 4 aliphatic carbocycles. The van der Waals surface area contributed by atoms with Crippen LogP contribution in [0.25, 0.3) is 0 Å². The van der Waals surface area contributed by atoms with E-state index in [-0.39, 0.29) is 30.3 Å². The molecule has 7 nitrogen and oxygen atoms in total. The fraction of sp³-hybridized carbons (Fsp3) is 0.625. The molecule has 0 radical (unpaired) electrons. The lowest BCUT2D eigenvalue weighted by Crippen LogP contribution is -2.51. The molecule has 8 rings (SSSR count). The van der Waals surface area contributed by atoms with Gasteiger partial charge in [-0.2, -0.15) is 0 Å². The van der Waals surface area contributed by atoms with Gasteiger partial charge in [0, 0.05) is 13.0 Å². The highest BCUT2D eigenvalue weighted by atomic mass is 16.6. The van der Waals surface area contributed by atoms with Crippen LogP contribution in [0.2, 0.25) is 0 Å². The van der Waals surface area contributed by atoms with Crippen LogP contribution in [0.4, 0.5) is 4.79 Å². The van der Waals surface area contributed by atoms with E-state index in [1.807, 2.05) is 71.6 Å². The molecule has 3 aromatic rings. The molecule has 3 saturated carbocycles. The van der Waals surface area contributed by atoms with Gasteiger partial charge in [0.2, 0.25) is 0 Å². The van der Waals surface area contributed by atoms with E-state index >= 15 is 0 Å². The fourth-order valence-electron chi connectivity index (χ4n) is 14.0. The molecule has 7 unspecified atom stereocenters. The number of carbonyl (C=O) groups is 1. The minimum atomic E-state index is -0.973. The zero-order valence-corrected chi connectivity index (χ0v) is 39.5. The number of benzene rings is 3. The topological polar surface area (TPSA) is 77.5 Å². The van der Waals surface area contributed by atoms with E-state index in [9.17, 15) is 9.90 Å². The van der Waals surface area contributed by atoms with Crippen molar-refractivity contribution in [1.29, 1.82) is 0 Å². The van der Waals surface area contributed by atoms with Crippen LogP contribution < -0.4 is 9.47 Å². The van der Waals surface area contributed by atoms with E-state index in [0.29, 0.717) is 18.4 Å². The summed E-state index contributed by atoms with van der Waals surface area (Å²) in [5, 5.41) is 11.8. The Morgan fingerprint density at radius 3 is 2.11 bits per heavy atom. The molecular weight excluding hydrogens is 783 g/mol. The minimum absolute atomic E-state index is 0.119. The first-order chi connectivity index (χ1) is 30.4. The third-order valence-corrected chi connectivity index (χ3v) is 17.4. The Balaban J connectivity index is 0.908. The number of fused-ring (bicyclic) bond motifs is 5. The standard InChI is InChI=1S/C56H77NO6/c1-38(2)13-11-14-39(3)48-28-29-49-47-27-22-43-37-46(30-33-54(43,4)50(47)31-34-55(48,49)5)63-53(59)57-35-12-17-51(57)52(58)32-36-62-56(40-15-9-8-10-16-40,41-18-23-44(60-6)24-19-41)42-20-25-45(61-7)26-21-42/h8-10,15-16,18-26,38-39,46-52,58H,11-14,17,27-37H2,1-7H3/t39?,46-,47?,48?,49?,50?,51?,52?,54-,55+/m1/s1. The Morgan fingerprint density at radius 2 is 1.46 bits per heavy atom. The molecule has 10 atom stereocenters. The number of nitrogens with zero attached hydrogens (tertiary/aromatic N) is 1. The normalized spacial score (nSPS) is 30.2. The van der Waals surface area contributed by atoms with Gasteiger partial charge in [0.25, 0.3) is 0 Å². The summed E-state index contributed by atoms with van der Waals surface area (Å²) >= 11 is 0. The Labute approximate surface area is 379 Å². The van der Waals surface area contributed by atoms with Crippen molar-refractivity contribution in [3.05, 3.63) is 107 Å². The highest BCUT2D eigenvalue weighted by Gasteiger charge is 2.59. The molecule has 5 aliphatic rings. The molecule has 342 valence electrons. The second-order valence-electron chi connectivity index (χ2n) is 21.1. The van der Waals surface area contributed by atoms with Gasteiger partial charge in [-0.1, -0.05) is 120 Å². The molecular formula is C56H77NO6. The van der Waals surface area contributed by atoms with E-state index < -0.39 is 11.7 Å². The van der Waals surface area contributed by atoms with Crippen molar-refractivity contribution in [1.82, 2.24) is 4.90 Å². The SMILES string of the molecule is COc1ccc(C(OCCC(O)C2CCCN2C(=O)O[C@@H]2CC[C@]3(C)C(=CCC4C5CCC(C(C)CCCC(C)C)[C@]5(C)CCC43)C2)(c2ccccc2)c2ccc(OC)cc2)cc1. The van der Waals surface area contributed by atoms with E-state index in [0.717, 1.165) is 95.8 Å². The molecule has 3 aromatic carbocycles. The lowest BCUT2D eigenvalue weighted by Gasteiger charge is -2.58. The highest BCUT2D eigenvalue weighted by Crippen LogP contribution is 2.67. The number of hydrogen-bond acceptors (Lipinski definition) is 6. The van der Waals surface area contributed by atoms with Crippen LogP contribution in [0.3, 0.4) is 0 Å². The van der Waals surface area contributed by atoms with Gasteiger partial charge in [-0.3, -0.25) is 0 Å². The molecule has 1 saturated heterocycles. The molecule has 1 aliphatic heterocycles. The average molecular weight is 860 g/mol. The van der Waals surface area contributed by atoms with E-state index in [1.165, 1.54) is 51.4 Å². The van der Waals surface area contributed by atoms with Crippen LogP contribution in [0.5, 0.6) is 11.5 Å². The predicted molar refractivity (Wildman–Crippen MR) is 252 cm³/mol. The third kappa shape index (κ3) is 8.96. The molecule has 0 bridgehead atoms. The number of aliphatic hydroxyl groups excluding tert-OH is 1. The van der Waals surface area contributed by atoms with Crippen LogP contribution >= 0.6 is 0 Å². The average Bonchev–Trinajstić information content (AvgIpc) is 3.94. The smallest absolute Gasteiger partial charge is 0.410 e. The quantitative estimate of drug-likeness (QED) is 0.114. The van der Waals surface area contributed by atoms with Crippen molar-refractivity contribution >= 4 is 6.09 Å². The molecule has 0 spiro atoms. The molecule has 1 heterocycles. The van der Waals surface area contributed by atoms with Gasteiger partial charge < -0.3 is 29.0 Å². The monoisotopic (exact) mass is 860 g/mol. The number of likely N-dealkylation sites (tertiary alicyclic amines) is 1. The summed E-state index contributed by atoms with van der Waals surface area (Å²) in [6, 6.07) is 25.9. The summed E-state index contributed by atoms with van der Waals surface area (Å²) in [7, 11) is 3.33. The second kappa shape index (κ2) is 19.3. The molecule has 4 fully saturated rings. The first kappa shape index (κ1) is 45.7. The summed E-state index contributed by atoms with van der Waals surface area (Å²) in [6.45, 7) is 13.4. The number of methoxy groups -OCH3 is 2. The lowest BCUT2D eigenvalue weighted by atomic mass is 9.47. The van der Waals surface area contributed by atoms with Crippen molar-refractivity contribution in [3.8, 4) is 11.5 Å². The lowest BCUT2D eigenvalue weighted by molar-refractivity contribution is -0.0604. The number of rotatable bonds is 16. The number of amides is 1. The number of hydrogen-bond donors (Lipinski definition) is 1. The van der Waals surface area contributed by atoms with Crippen LogP contribution in [0.1, 0.15) is 141 Å². The molecule has 1 amide bonds. The Hall–Kier alpha value is -3.81. The van der Waals surface area contributed by atoms with E-state index in [1.54, 1.807) is 19.8 Å². The van der Waals surface area contributed by atoms with Gasteiger partial charge >= 0.3 is 6.09 Å². The number of allylic oxidation sites excluding steroid dienone is 1. The van der Waals surface area contributed by atoms with Gasteiger partial charge in [-0.15, -0.1) is 0 Å². The molecule has 1 N–H and O–H groups in total. The number of ether oxygens (including phenoxy) is 4. The van der Waals surface area contributed by atoms with E-state index in [2.05, 4.69) is 52.8 Å². The number of carbonyl (C=O) groups excluding carboxylic acids is 1. The molecule has 0 aromatic heterocycles. The maximum atomic E-state index is 14.1. The maximum Gasteiger partial charge on any atom is 0.410 e. The van der Waals surface area contributed by atoms with Gasteiger partial charge in [-0.05, 0) is 152 Å². The summed E-state index contributed by atoms with van der Waals surface area (Å²) in [5.74, 6) is 6.37. The van der Waals surface area contributed by atoms with Crippen molar-refractivity contribution in [2.24, 2.45) is 46.3 Å². The maximum absolute atomic E-state index is 14.1. The first-order valence-electron chi connectivity index (χ1n) is 24.7. The van der Waals surface area contributed by atoms with Crippen molar-refractivity contribution < 1.29 is 28.8 Å². The van der Waals surface area contributed by atoms with Crippen LogP contribution in [-0.4, -0.2) is 61.7 Å². The molecule has 7 heteroatoms. The van der Waals surface area contributed by atoms with Crippen molar-refractivity contribution in [2.75, 3.05) is 27.4 Å². The minimum Gasteiger partial charge on any atom is -0.497 e. The van der Waals surface area contributed by atoms with Gasteiger partial charge in [0.05, 0.1) is 33.0 Å². The number of aliphatic hydroxyl groups is 1. The highest BCUT2D eigenvalue weighted by molar-refractivity contribution is 5.69. The van der Waals surface area contributed by atoms with Gasteiger partial charge in [0.15, 0.2) is 0 Å². The fourth-order valence-corrected chi connectivity index (χ4v) is 14.0. The Bertz CT molecular complexity index is 1950. The Kier molecular flexibility index (Phi) is 14.0. The summed E-state index contributed by atoms with van der Waals surface area (Å²) in [4.78, 5) is 15.9. The zero-order valence-electron chi connectivity index (χ0n) is 39.5. The van der Waals surface area contributed by atoms with Crippen LogP contribution in [-0.2, 0) is 15.1 Å². The van der Waals surface area contributed by atoms with Crippen molar-refractivity contribution in [2.45, 2.75) is 148 Å².